The lowest BCUT2D eigenvalue weighted by Crippen LogP contribution is -2.51. The van der Waals surface area contributed by atoms with Crippen molar-refractivity contribution < 1.29 is 23.8 Å². The molecule has 0 bridgehead atoms. The Morgan fingerprint density at radius 1 is 1.17 bits per heavy atom. The molecule has 2 aromatic carbocycles. The van der Waals surface area contributed by atoms with Crippen LogP contribution in [0.5, 0.6) is 5.75 Å². The molecule has 1 aliphatic heterocycles. The van der Waals surface area contributed by atoms with Crippen molar-refractivity contribution in [2.45, 2.75) is 19.4 Å². The molecule has 5 rings (SSSR count). The van der Waals surface area contributed by atoms with Gasteiger partial charge in [-0.05, 0) is 62.4 Å². The molecule has 2 aromatic heterocycles. The minimum atomic E-state index is -0.932. The maximum Gasteiger partial charge on any atom is 0.254 e. The van der Waals surface area contributed by atoms with Crippen molar-refractivity contribution in [3.05, 3.63) is 71.9 Å². The average Bonchev–Trinajstić information content (AvgIpc) is 3.42. The Kier molecular flexibility index (Phi) is 8.64. The number of aliphatic hydroxyl groups excluding tert-OH is 1. The molecule has 4 N–H and O–H groups in total. The number of aliphatic hydroxyl groups is 1. The van der Waals surface area contributed by atoms with E-state index in [4.69, 9.17) is 4.74 Å². The number of piperidine rings is 1. The summed E-state index contributed by atoms with van der Waals surface area (Å²) in [7, 11) is 3.22. The highest BCUT2D eigenvalue weighted by Crippen LogP contribution is 2.29. The highest BCUT2D eigenvalue weighted by atomic mass is 19.1. The molecule has 0 radical (unpaired) electrons. The van der Waals surface area contributed by atoms with Crippen molar-refractivity contribution in [2.24, 2.45) is 5.92 Å². The number of aromatic nitrogens is 3. The fraction of sp³-hybridized carbons (Fsp3) is 0.333. The molecule has 2 amide bonds. The van der Waals surface area contributed by atoms with Gasteiger partial charge in [0.2, 0.25) is 5.91 Å². The van der Waals surface area contributed by atoms with Gasteiger partial charge in [0.1, 0.15) is 0 Å². The fourth-order valence-corrected chi connectivity index (χ4v) is 5.20. The quantitative estimate of drug-likeness (QED) is 0.224. The van der Waals surface area contributed by atoms with Gasteiger partial charge < -0.3 is 30.7 Å². The third-order valence-corrected chi connectivity index (χ3v) is 7.48. The molecule has 12 heteroatoms. The van der Waals surface area contributed by atoms with Crippen molar-refractivity contribution in [1.82, 2.24) is 29.9 Å². The summed E-state index contributed by atoms with van der Waals surface area (Å²) in [5.41, 5.74) is 3.85. The van der Waals surface area contributed by atoms with E-state index in [1.165, 1.54) is 13.2 Å². The number of hydrogen-bond acceptors (Lipinski definition) is 8. The van der Waals surface area contributed by atoms with E-state index in [1.807, 2.05) is 17.4 Å². The lowest BCUT2D eigenvalue weighted by Gasteiger charge is -2.35. The van der Waals surface area contributed by atoms with Gasteiger partial charge in [0.25, 0.3) is 5.91 Å². The second kappa shape index (κ2) is 12.5. The van der Waals surface area contributed by atoms with E-state index >= 15 is 0 Å². The zero-order valence-electron chi connectivity index (χ0n) is 23.7. The SMILES string of the molecule is CNCCNC(=O)[C@H]1CCN(C(=O)c2ccc(Nc3nccn4c(-c5ccc(OC)c(F)c5)cnc34)cc2C)C[C@@H]1O. The molecule has 42 heavy (non-hydrogen) atoms. The number of β-amino-alcohol motifs (C(OH)–C–C–N with tert-alkyl or cyclic N) is 1. The number of methoxy groups -OCH3 is 1. The van der Waals surface area contributed by atoms with Gasteiger partial charge in [-0.25, -0.2) is 14.4 Å². The van der Waals surface area contributed by atoms with Crippen LogP contribution in [-0.4, -0.2) is 82.6 Å². The van der Waals surface area contributed by atoms with Crippen LogP contribution in [0.1, 0.15) is 22.3 Å². The van der Waals surface area contributed by atoms with Crippen LogP contribution >= 0.6 is 0 Å². The van der Waals surface area contributed by atoms with Crippen LogP contribution in [0.25, 0.3) is 16.9 Å². The molecule has 0 aliphatic carbocycles. The number of nitrogens with one attached hydrogen (secondary N) is 3. The highest BCUT2D eigenvalue weighted by Gasteiger charge is 2.35. The number of halogens is 1. The Balaban J connectivity index is 1.28. The molecule has 11 nitrogen and oxygen atoms in total. The van der Waals surface area contributed by atoms with Gasteiger partial charge in [-0.3, -0.25) is 14.0 Å². The molecule has 0 saturated carbocycles. The van der Waals surface area contributed by atoms with Crippen LogP contribution < -0.4 is 20.7 Å². The van der Waals surface area contributed by atoms with Crippen molar-refractivity contribution in [1.29, 1.82) is 0 Å². The zero-order chi connectivity index (χ0) is 29.8. The Morgan fingerprint density at radius 3 is 2.71 bits per heavy atom. The third kappa shape index (κ3) is 5.90. The van der Waals surface area contributed by atoms with Crippen molar-refractivity contribution in [3.8, 4) is 17.0 Å². The number of rotatable bonds is 9. The van der Waals surface area contributed by atoms with E-state index in [-0.39, 0.29) is 24.1 Å². The van der Waals surface area contributed by atoms with E-state index in [0.29, 0.717) is 60.0 Å². The maximum atomic E-state index is 14.3. The average molecular weight is 576 g/mol. The van der Waals surface area contributed by atoms with Crippen molar-refractivity contribution in [3.63, 3.8) is 0 Å². The summed E-state index contributed by atoms with van der Waals surface area (Å²) in [4.78, 5) is 36.3. The molecule has 3 heterocycles. The normalized spacial score (nSPS) is 16.8. The van der Waals surface area contributed by atoms with Crippen LogP contribution in [0.2, 0.25) is 0 Å². The van der Waals surface area contributed by atoms with E-state index in [9.17, 15) is 19.1 Å². The van der Waals surface area contributed by atoms with Crippen LogP contribution in [0.3, 0.4) is 0 Å². The Bertz CT molecular complexity index is 1610. The molecule has 0 spiro atoms. The van der Waals surface area contributed by atoms with E-state index in [0.717, 1.165) is 5.56 Å². The van der Waals surface area contributed by atoms with Crippen molar-refractivity contribution in [2.75, 3.05) is 45.7 Å². The monoisotopic (exact) mass is 575 g/mol. The first-order valence-electron chi connectivity index (χ1n) is 13.7. The number of carbonyl (C=O) groups is 2. The predicted octanol–water partition coefficient (Wildman–Crippen LogP) is 2.75. The summed E-state index contributed by atoms with van der Waals surface area (Å²) in [5.74, 6) is -0.738. The van der Waals surface area contributed by atoms with Gasteiger partial charge in [-0.15, -0.1) is 0 Å². The van der Waals surface area contributed by atoms with E-state index < -0.39 is 17.8 Å². The summed E-state index contributed by atoms with van der Waals surface area (Å²) in [6, 6.07) is 10.1. The van der Waals surface area contributed by atoms with Gasteiger partial charge in [-0.1, -0.05) is 0 Å². The topological polar surface area (TPSA) is 133 Å². The molecular weight excluding hydrogens is 541 g/mol. The molecular formula is C30H34FN7O4. The highest BCUT2D eigenvalue weighted by molar-refractivity contribution is 5.96. The van der Waals surface area contributed by atoms with Crippen LogP contribution in [0.15, 0.2) is 55.0 Å². The molecule has 220 valence electrons. The summed E-state index contributed by atoms with van der Waals surface area (Å²) in [5, 5.41) is 19.7. The predicted molar refractivity (Wildman–Crippen MR) is 156 cm³/mol. The Morgan fingerprint density at radius 2 is 2.00 bits per heavy atom. The molecule has 2 atom stereocenters. The van der Waals surface area contributed by atoms with E-state index in [2.05, 4.69) is 25.9 Å². The van der Waals surface area contributed by atoms with Crippen LogP contribution in [-0.2, 0) is 4.79 Å². The first-order valence-corrected chi connectivity index (χ1v) is 13.7. The maximum absolute atomic E-state index is 14.3. The number of benzene rings is 2. The number of hydrogen-bond donors (Lipinski definition) is 4. The van der Waals surface area contributed by atoms with E-state index in [1.54, 1.807) is 54.8 Å². The summed E-state index contributed by atoms with van der Waals surface area (Å²) in [6.45, 7) is 3.44. The second-order valence-electron chi connectivity index (χ2n) is 10.2. The number of carbonyl (C=O) groups excluding carboxylic acids is 2. The fourth-order valence-electron chi connectivity index (χ4n) is 5.20. The Labute approximate surface area is 242 Å². The van der Waals surface area contributed by atoms with Gasteiger partial charge in [0.15, 0.2) is 23.0 Å². The molecule has 1 fully saturated rings. The zero-order valence-corrected chi connectivity index (χ0v) is 23.7. The number of amides is 2. The Hall–Kier alpha value is -4.55. The first-order chi connectivity index (χ1) is 20.3. The number of anilines is 2. The van der Waals surface area contributed by atoms with Gasteiger partial charge in [-0.2, -0.15) is 0 Å². The number of fused-ring (bicyclic) bond motifs is 1. The largest absolute Gasteiger partial charge is 0.494 e. The number of aryl methyl sites for hydroxylation is 1. The minimum Gasteiger partial charge on any atom is -0.494 e. The van der Waals surface area contributed by atoms with Gasteiger partial charge >= 0.3 is 0 Å². The van der Waals surface area contributed by atoms with Gasteiger partial charge in [0, 0.05) is 55.4 Å². The number of likely N-dealkylation sites (N-methyl/N-ethyl adjacent to an activating group) is 1. The number of imidazole rings is 1. The summed E-state index contributed by atoms with van der Waals surface area (Å²) in [6.07, 6.45) is 4.49. The number of nitrogens with zero attached hydrogens (tertiary/aromatic N) is 4. The van der Waals surface area contributed by atoms with Crippen LogP contribution in [0.4, 0.5) is 15.9 Å². The first kappa shape index (κ1) is 29.0. The number of ether oxygens (including phenoxy) is 1. The molecule has 0 unspecified atom stereocenters. The third-order valence-electron chi connectivity index (χ3n) is 7.48. The molecule has 1 aliphatic rings. The van der Waals surface area contributed by atoms with Crippen molar-refractivity contribution >= 4 is 29.0 Å². The summed E-state index contributed by atoms with van der Waals surface area (Å²) < 4.78 is 21.2. The standard InChI is InChI=1S/C30H34FN7O4/c1-18-14-20(5-6-21(18)30(41)37-12-8-22(25(39)17-37)29(40)34-10-9-32-2)36-27-28-35-16-24(38(28)13-11-33-27)19-4-7-26(42-3)23(31)15-19/h4-7,11,13-16,22,25,32,39H,8-10,12,17H2,1-3H3,(H,33,36)(H,34,40)/t22-,25-/m0/s1. The lowest BCUT2D eigenvalue weighted by atomic mass is 9.92. The summed E-state index contributed by atoms with van der Waals surface area (Å²) >= 11 is 0. The smallest absolute Gasteiger partial charge is 0.254 e. The van der Waals surface area contributed by atoms with Crippen LogP contribution in [0, 0.1) is 18.7 Å². The lowest BCUT2D eigenvalue weighted by molar-refractivity contribution is -0.130. The molecule has 1 saturated heterocycles. The molecule has 4 aromatic rings. The minimum absolute atomic E-state index is 0.0919. The second-order valence-corrected chi connectivity index (χ2v) is 10.2. The number of likely N-dealkylation sites (tertiary alicyclic amines) is 1. The van der Waals surface area contributed by atoms with Gasteiger partial charge in [0.05, 0.1) is 31.0 Å².